The van der Waals surface area contributed by atoms with E-state index in [1.54, 1.807) is 0 Å². The van der Waals surface area contributed by atoms with Gasteiger partial charge in [0.05, 0.1) is 5.56 Å². The predicted octanol–water partition coefficient (Wildman–Crippen LogP) is 5.34. The number of rotatable bonds is 3. The fourth-order valence-corrected chi connectivity index (χ4v) is 2.21. The summed E-state index contributed by atoms with van der Waals surface area (Å²) >= 11 is 0. The summed E-state index contributed by atoms with van der Waals surface area (Å²) in [4.78, 5) is 1.40. The van der Waals surface area contributed by atoms with Gasteiger partial charge in [-0.15, -0.1) is 13.2 Å². The molecule has 0 amide bonds. The van der Waals surface area contributed by atoms with Gasteiger partial charge < -0.3 is 9.64 Å². The number of benzene rings is 2. The Bertz CT molecular complexity index is 721. The fourth-order valence-electron chi connectivity index (χ4n) is 2.21. The van der Waals surface area contributed by atoms with Crippen molar-refractivity contribution in [3.8, 4) is 16.9 Å². The number of anilines is 1. The van der Waals surface area contributed by atoms with Crippen molar-refractivity contribution in [3.05, 3.63) is 48.0 Å². The van der Waals surface area contributed by atoms with Gasteiger partial charge in [0.2, 0.25) is 0 Å². The Morgan fingerprint density at radius 1 is 0.833 bits per heavy atom. The van der Waals surface area contributed by atoms with Crippen LogP contribution in [0.4, 0.5) is 32.0 Å². The van der Waals surface area contributed by atoms with E-state index in [2.05, 4.69) is 4.74 Å². The van der Waals surface area contributed by atoms with Crippen LogP contribution in [-0.2, 0) is 6.18 Å². The molecule has 24 heavy (non-hydrogen) atoms. The zero-order valence-corrected chi connectivity index (χ0v) is 12.7. The number of para-hydroxylation sites is 1. The molecule has 0 saturated carbocycles. The van der Waals surface area contributed by atoms with E-state index < -0.39 is 23.9 Å². The lowest BCUT2D eigenvalue weighted by molar-refractivity contribution is -0.274. The maximum atomic E-state index is 12.9. The lowest BCUT2D eigenvalue weighted by Crippen LogP contribution is -2.18. The van der Waals surface area contributed by atoms with Crippen molar-refractivity contribution < 1.29 is 31.1 Å². The Morgan fingerprint density at radius 2 is 1.46 bits per heavy atom. The molecule has 0 aliphatic rings. The minimum absolute atomic E-state index is 0.0484. The molecule has 0 bridgehead atoms. The number of halogens is 6. The standard InChI is InChI=1S/C16H13F6NO/c1-23(2)13-9-10(15(17,18)19)7-8-11(13)12-5-3-4-6-14(12)24-16(20,21)22/h3-9H,1-2H3. The molecule has 0 atom stereocenters. The summed E-state index contributed by atoms with van der Waals surface area (Å²) in [5.74, 6) is -0.479. The SMILES string of the molecule is CN(C)c1cc(C(F)(F)F)ccc1-c1ccccc1OC(F)(F)F. The number of ether oxygens (including phenoxy) is 1. The normalized spacial score (nSPS) is 12.2. The molecule has 0 spiro atoms. The van der Waals surface area contributed by atoms with Crippen LogP contribution in [0.1, 0.15) is 5.56 Å². The third kappa shape index (κ3) is 4.12. The Kier molecular flexibility index (Phi) is 4.68. The van der Waals surface area contributed by atoms with Crippen LogP contribution >= 0.6 is 0 Å². The van der Waals surface area contributed by atoms with E-state index in [-0.39, 0.29) is 16.8 Å². The van der Waals surface area contributed by atoms with Gasteiger partial charge in [-0.1, -0.05) is 24.3 Å². The minimum Gasteiger partial charge on any atom is -0.405 e. The number of hydrogen-bond donors (Lipinski definition) is 0. The van der Waals surface area contributed by atoms with Crippen LogP contribution in [0.25, 0.3) is 11.1 Å². The molecule has 2 aromatic rings. The Hall–Kier alpha value is -2.38. The maximum Gasteiger partial charge on any atom is 0.573 e. The third-order valence-electron chi connectivity index (χ3n) is 3.21. The molecule has 0 fully saturated rings. The first-order valence-electron chi connectivity index (χ1n) is 6.73. The molecule has 0 N–H and O–H groups in total. The average Bonchev–Trinajstić information content (AvgIpc) is 2.44. The third-order valence-corrected chi connectivity index (χ3v) is 3.21. The maximum absolute atomic E-state index is 12.9. The molecule has 0 aliphatic heterocycles. The average molecular weight is 349 g/mol. The highest BCUT2D eigenvalue weighted by molar-refractivity contribution is 5.82. The van der Waals surface area contributed by atoms with E-state index in [4.69, 9.17) is 0 Å². The van der Waals surface area contributed by atoms with Gasteiger partial charge in [-0.25, -0.2) is 0 Å². The number of hydrogen-bond acceptors (Lipinski definition) is 2. The van der Waals surface area contributed by atoms with Crippen molar-refractivity contribution in [2.24, 2.45) is 0 Å². The minimum atomic E-state index is -4.90. The lowest BCUT2D eigenvalue weighted by atomic mass is 9.99. The number of alkyl halides is 6. The summed E-state index contributed by atoms with van der Waals surface area (Å²) in [5, 5.41) is 0. The first-order chi connectivity index (χ1) is 11.0. The summed E-state index contributed by atoms with van der Waals surface area (Å²) in [5.41, 5.74) is -0.507. The zero-order chi connectivity index (χ0) is 18.1. The summed E-state index contributed by atoms with van der Waals surface area (Å²) in [6.07, 6.45) is -9.45. The van der Waals surface area contributed by atoms with Gasteiger partial charge in [-0.3, -0.25) is 0 Å². The molecule has 0 aromatic heterocycles. The smallest absolute Gasteiger partial charge is 0.405 e. The summed E-state index contributed by atoms with van der Waals surface area (Å²) in [7, 11) is 3.01. The van der Waals surface area contributed by atoms with Crippen molar-refractivity contribution in [1.82, 2.24) is 0 Å². The molecule has 0 radical (unpaired) electrons. The van der Waals surface area contributed by atoms with Crippen molar-refractivity contribution in [2.75, 3.05) is 19.0 Å². The molecule has 2 nitrogen and oxygen atoms in total. The summed E-state index contributed by atoms with van der Waals surface area (Å²) < 4.78 is 80.2. The number of nitrogens with zero attached hydrogens (tertiary/aromatic N) is 1. The van der Waals surface area contributed by atoms with E-state index in [9.17, 15) is 26.3 Å². The van der Waals surface area contributed by atoms with E-state index in [0.29, 0.717) is 0 Å². The molecule has 2 rings (SSSR count). The second-order valence-electron chi connectivity index (χ2n) is 5.17. The molecule has 0 unspecified atom stereocenters. The lowest BCUT2D eigenvalue weighted by Gasteiger charge is -2.21. The fraction of sp³-hybridized carbons (Fsp3) is 0.250. The Labute approximate surface area is 134 Å². The Morgan fingerprint density at radius 3 is 2.00 bits per heavy atom. The predicted molar refractivity (Wildman–Crippen MR) is 77.9 cm³/mol. The van der Waals surface area contributed by atoms with Crippen molar-refractivity contribution >= 4 is 5.69 Å². The largest absolute Gasteiger partial charge is 0.573 e. The zero-order valence-electron chi connectivity index (χ0n) is 12.7. The molecule has 0 saturated heterocycles. The van der Waals surface area contributed by atoms with Crippen LogP contribution in [0.3, 0.4) is 0 Å². The highest BCUT2D eigenvalue weighted by atomic mass is 19.4. The molecule has 130 valence electrons. The van der Waals surface area contributed by atoms with Crippen LogP contribution in [0, 0.1) is 0 Å². The quantitative estimate of drug-likeness (QED) is 0.694. The van der Waals surface area contributed by atoms with Crippen LogP contribution in [-0.4, -0.2) is 20.5 Å². The first-order valence-corrected chi connectivity index (χ1v) is 6.73. The molecule has 0 aliphatic carbocycles. The van der Waals surface area contributed by atoms with Gasteiger partial charge in [-0.2, -0.15) is 13.2 Å². The van der Waals surface area contributed by atoms with Gasteiger partial charge in [0.25, 0.3) is 0 Å². The first kappa shape index (κ1) is 18.0. The van der Waals surface area contributed by atoms with E-state index in [1.165, 1.54) is 37.2 Å². The summed E-state index contributed by atoms with van der Waals surface area (Å²) in [6.45, 7) is 0. The van der Waals surface area contributed by atoms with Crippen molar-refractivity contribution in [1.29, 1.82) is 0 Å². The molecular weight excluding hydrogens is 336 g/mol. The molecule has 0 heterocycles. The van der Waals surface area contributed by atoms with E-state index >= 15 is 0 Å². The van der Waals surface area contributed by atoms with Gasteiger partial charge in [-0.05, 0) is 18.2 Å². The molecular formula is C16H13F6NO. The van der Waals surface area contributed by atoms with Crippen LogP contribution < -0.4 is 9.64 Å². The second-order valence-corrected chi connectivity index (χ2v) is 5.17. The van der Waals surface area contributed by atoms with E-state index in [1.807, 2.05) is 0 Å². The monoisotopic (exact) mass is 349 g/mol. The highest BCUT2D eigenvalue weighted by Crippen LogP contribution is 2.41. The molecule has 8 heteroatoms. The second kappa shape index (κ2) is 6.26. The highest BCUT2D eigenvalue weighted by Gasteiger charge is 2.34. The van der Waals surface area contributed by atoms with Crippen LogP contribution in [0.5, 0.6) is 5.75 Å². The van der Waals surface area contributed by atoms with Gasteiger partial charge in [0.1, 0.15) is 5.75 Å². The van der Waals surface area contributed by atoms with Crippen LogP contribution in [0.2, 0.25) is 0 Å². The van der Waals surface area contributed by atoms with Gasteiger partial charge >= 0.3 is 12.5 Å². The van der Waals surface area contributed by atoms with Crippen molar-refractivity contribution in [3.63, 3.8) is 0 Å². The Balaban J connectivity index is 2.61. The molecule has 2 aromatic carbocycles. The van der Waals surface area contributed by atoms with Crippen LogP contribution in [0.15, 0.2) is 42.5 Å². The van der Waals surface area contributed by atoms with Gasteiger partial charge in [0, 0.05) is 30.9 Å². The summed E-state index contributed by atoms with van der Waals surface area (Å²) in [6, 6.07) is 8.15. The van der Waals surface area contributed by atoms with Crippen molar-refractivity contribution in [2.45, 2.75) is 12.5 Å². The van der Waals surface area contributed by atoms with E-state index in [0.717, 1.165) is 24.3 Å². The van der Waals surface area contributed by atoms with Gasteiger partial charge in [0.15, 0.2) is 0 Å². The topological polar surface area (TPSA) is 12.5 Å².